The molecule has 0 bridgehead atoms. The highest BCUT2D eigenvalue weighted by Crippen LogP contribution is 2.03. The second-order valence-corrected chi connectivity index (χ2v) is 2.75. The molecule has 7 heavy (non-hydrogen) atoms. The Hall–Kier alpha value is 0.01000. The molecule has 1 N–H and O–H groups in total. The van der Waals surface area contributed by atoms with Gasteiger partial charge in [0.1, 0.15) is 0 Å². The van der Waals surface area contributed by atoms with Crippen LogP contribution in [0.4, 0.5) is 0 Å². The maximum absolute atomic E-state index is 3.06. The van der Waals surface area contributed by atoms with Gasteiger partial charge in [-0.15, -0.1) is 0 Å². The molecule has 0 aliphatic rings. The summed E-state index contributed by atoms with van der Waals surface area (Å²) < 4.78 is 1.27. The number of aryl methyl sites for hydroxylation is 1. The Balaban J connectivity index is 3.04. The van der Waals surface area contributed by atoms with Gasteiger partial charge in [-0.3, -0.25) is 0 Å². The zero-order chi connectivity index (χ0) is 5.28. The maximum Gasteiger partial charge on any atom is 0.0307 e. The Morgan fingerprint density at radius 1 is 1.71 bits per heavy atom. The molecule has 0 aliphatic carbocycles. The van der Waals surface area contributed by atoms with Gasteiger partial charge in [0.15, 0.2) is 0 Å². The molecule has 0 radical (unpaired) electrons. The van der Waals surface area contributed by atoms with Gasteiger partial charge in [-0.1, -0.05) is 0 Å². The highest BCUT2D eigenvalue weighted by molar-refractivity contribution is 14.1. The van der Waals surface area contributed by atoms with Crippen LogP contribution in [0.5, 0.6) is 0 Å². The zero-order valence-electron chi connectivity index (χ0n) is 4.03. The van der Waals surface area contributed by atoms with E-state index in [4.69, 9.17) is 0 Å². The Morgan fingerprint density at radius 3 is 2.57 bits per heavy atom. The summed E-state index contributed by atoms with van der Waals surface area (Å²) in [6, 6.07) is 2.10. The minimum absolute atomic E-state index is 1.23. The SMILES string of the molecule is Cc1cc(I)c[nH]1. The van der Waals surface area contributed by atoms with Crippen molar-refractivity contribution in [1.82, 2.24) is 4.98 Å². The molecule has 0 unspecified atom stereocenters. The van der Waals surface area contributed by atoms with Gasteiger partial charge in [-0.25, -0.2) is 0 Å². The van der Waals surface area contributed by atoms with E-state index >= 15 is 0 Å². The van der Waals surface area contributed by atoms with E-state index in [1.807, 2.05) is 13.1 Å². The molecule has 0 aromatic carbocycles. The molecule has 2 heteroatoms. The van der Waals surface area contributed by atoms with E-state index < -0.39 is 0 Å². The predicted octanol–water partition coefficient (Wildman–Crippen LogP) is 1.93. The van der Waals surface area contributed by atoms with Crippen LogP contribution in [-0.4, -0.2) is 4.98 Å². The van der Waals surface area contributed by atoms with Crippen LogP contribution in [0.15, 0.2) is 12.3 Å². The van der Waals surface area contributed by atoms with Crippen molar-refractivity contribution in [2.24, 2.45) is 0 Å². The lowest BCUT2D eigenvalue weighted by molar-refractivity contribution is 1.27. The number of hydrogen-bond acceptors (Lipinski definition) is 0. The Morgan fingerprint density at radius 2 is 2.43 bits per heavy atom. The van der Waals surface area contributed by atoms with Gasteiger partial charge in [-0.05, 0) is 35.6 Å². The third-order valence-electron chi connectivity index (χ3n) is 0.792. The molecular formula is C5H6IN. The monoisotopic (exact) mass is 207 g/mol. The van der Waals surface area contributed by atoms with Gasteiger partial charge < -0.3 is 4.98 Å². The van der Waals surface area contributed by atoms with E-state index in [0.29, 0.717) is 0 Å². The summed E-state index contributed by atoms with van der Waals surface area (Å²) in [5.74, 6) is 0. The van der Waals surface area contributed by atoms with Crippen LogP contribution >= 0.6 is 22.6 Å². The number of nitrogens with one attached hydrogen (secondary N) is 1. The van der Waals surface area contributed by atoms with Crippen molar-refractivity contribution in [2.75, 3.05) is 0 Å². The lowest BCUT2D eigenvalue weighted by Gasteiger charge is -1.70. The highest BCUT2D eigenvalue weighted by atomic mass is 127. The molecule has 0 spiro atoms. The van der Waals surface area contributed by atoms with Gasteiger partial charge in [0.25, 0.3) is 0 Å². The highest BCUT2D eigenvalue weighted by Gasteiger charge is 1.84. The minimum Gasteiger partial charge on any atom is -0.364 e. The number of aromatic amines is 1. The molecule has 38 valence electrons. The third kappa shape index (κ3) is 1.19. The van der Waals surface area contributed by atoms with E-state index in [9.17, 15) is 0 Å². The normalized spacial score (nSPS) is 9.43. The summed E-state index contributed by atoms with van der Waals surface area (Å²) in [7, 11) is 0. The van der Waals surface area contributed by atoms with Crippen LogP contribution < -0.4 is 0 Å². The Labute approximate surface area is 56.3 Å². The fourth-order valence-corrected chi connectivity index (χ4v) is 1.10. The second kappa shape index (κ2) is 1.86. The van der Waals surface area contributed by atoms with Crippen LogP contribution in [-0.2, 0) is 0 Å². The summed E-state index contributed by atoms with van der Waals surface area (Å²) >= 11 is 2.27. The van der Waals surface area contributed by atoms with Crippen molar-refractivity contribution in [3.8, 4) is 0 Å². The first-order chi connectivity index (χ1) is 3.29. The fourth-order valence-electron chi connectivity index (χ4n) is 0.473. The average Bonchev–Trinajstić information content (AvgIpc) is 1.87. The van der Waals surface area contributed by atoms with Crippen molar-refractivity contribution in [2.45, 2.75) is 6.92 Å². The van der Waals surface area contributed by atoms with Crippen molar-refractivity contribution >= 4 is 22.6 Å². The van der Waals surface area contributed by atoms with Gasteiger partial charge in [0.05, 0.1) is 0 Å². The first-order valence-electron chi connectivity index (χ1n) is 2.09. The Bertz CT molecular complexity index is 140. The van der Waals surface area contributed by atoms with Crippen molar-refractivity contribution in [3.05, 3.63) is 21.5 Å². The fraction of sp³-hybridized carbons (Fsp3) is 0.200. The Kier molecular flexibility index (Phi) is 1.37. The number of aromatic nitrogens is 1. The molecule has 1 rings (SSSR count). The largest absolute Gasteiger partial charge is 0.364 e. The first kappa shape index (κ1) is 5.15. The van der Waals surface area contributed by atoms with Crippen molar-refractivity contribution < 1.29 is 0 Å². The van der Waals surface area contributed by atoms with E-state index in [0.717, 1.165) is 0 Å². The van der Waals surface area contributed by atoms with Gasteiger partial charge in [0.2, 0.25) is 0 Å². The van der Waals surface area contributed by atoms with Gasteiger partial charge in [-0.2, -0.15) is 0 Å². The number of rotatable bonds is 0. The smallest absolute Gasteiger partial charge is 0.0307 e. The van der Waals surface area contributed by atoms with Gasteiger partial charge >= 0.3 is 0 Å². The molecule has 1 heterocycles. The average molecular weight is 207 g/mol. The predicted molar refractivity (Wildman–Crippen MR) is 38.2 cm³/mol. The van der Waals surface area contributed by atoms with E-state index in [2.05, 4.69) is 33.6 Å². The lowest BCUT2D eigenvalue weighted by Crippen LogP contribution is -1.59. The molecule has 0 saturated heterocycles. The minimum atomic E-state index is 1.23. The number of halogens is 1. The quantitative estimate of drug-likeness (QED) is 0.625. The van der Waals surface area contributed by atoms with E-state index in [-0.39, 0.29) is 0 Å². The molecule has 1 nitrogen and oxygen atoms in total. The van der Waals surface area contributed by atoms with E-state index in [1.165, 1.54) is 9.26 Å². The summed E-state index contributed by atoms with van der Waals surface area (Å²) in [4.78, 5) is 3.06. The topological polar surface area (TPSA) is 15.8 Å². The summed E-state index contributed by atoms with van der Waals surface area (Å²) in [5.41, 5.74) is 1.23. The van der Waals surface area contributed by atoms with Crippen LogP contribution in [0.1, 0.15) is 5.69 Å². The molecule has 0 atom stereocenters. The lowest BCUT2D eigenvalue weighted by atomic mass is 10.5. The summed E-state index contributed by atoms with van der Waals surface area (Å²) in [6.45, 7) is 2.04. The van der Waals surface area contributed by atoms with Crippen LogP contribution in [0, 0.1) is 10.5 Å². The molecule has 0 saturated carbocycles. The second-order valence-electron chi connectivity index (χ2n) is 1.50. The van der Waals surface area contributed by atoms with Crippen LogP contribution in [0.2, 0.25) is 0 Å². The van der Waals surface area contributed by atoms with Crippen LogP contribution in [0.3, 0.4) is 0 Å². The summed E-state index contributed by atoms with van der Waals surface area (Å²) in [5, 5.41) is 0. The molecular weight excluding hydrogens is 201 g/mol. The summed E-state index contributed by atoms with van der Waals surface area (Å²) in [6.07, 6.45) is 1.98. The molecule has 0 aliphatic heterocycles. The standard InChI is InChI=1S/C5H6IN/c1-4-2-5(6)3-7-4/h2-3,7H,1H3. The molecule has 1 aromatic heterocycles. The molecule has 1 aromatic rings. The molecule has 0 fully saturated rings. The van der Waals surface area contributed by atoms with E-state index in [1.54, 1.807) is 0 Å². The number of H-pyrrole nitrogens is 1. The molecule has 0 amide bonds. The number of hydrogen-bond donors (Lipinski definition) is 1. The van der Waals surface area contributed by atoms with Gasteiger partial charge in [0, 0.05) is 15.5 Å². The van der Waals surface area contributed by atoms with Crippen LogP contribution in [0.25, 0.3) is 0 Å². The van der Waals surface area contributed by atoms with Crippen molar-refractivity contribution in [3.63, 3.8) is 0 Å². The maximum atomic E-state index is 3.06. The first-order valence-corrected chi connectivity index (χ1v) is 3.17. The van der Waals surface area contributed by atoms with Crippen molar-refractivity contribution in [1.29, 1.82) is 0 Å². The zero-order valence-corrected chi connectivity index (χ0v) is 6.19. The third-order valence-corrected chi connectivity index (χ3v) is 1.41.